The average Bonchev–Trinajstić information content (AvgIpc) is 3.08. The lowest BCUT2D eigenvalue weighted by atomic mass is 9.88. The van der Waals surface area contributed by atoms with Gasteiger partial charge in [-0.05, 0) is 44.2 Å². The van der Waals surface area contributed by atoms with Gasteiger partial charge in [-0.15, -0.1) is 0 Å². The number of benzene rings is 1. The highest BCUT2D eigenvalue weighted by Gasteiger charge is 2.31. The van der Waals surface area contributed by atoms with Crippen LogP contribution in [-0.4, -0.2) is 41.4 Å². The molecule has 0 spiro atoms. The molecule has 0 aromatic heterocycles. The predicted molar refractivity (Wildman–Crippen MR) is 82.7 cm³/mol. The van der Waals surface area contributed by atoms with Gasteiger partial charge in [-0.3, -0.25) is 14.9 Å². The van der Waals surface area contributed by atoms with E-state index in [-0.39, 0.29) is 17.2 Å². The highest BCUT2D eigenvalue weighted by molar-refractivity contribution is 5.94. The van der Waals surface area contributed by atoms with Gasteiger partial charge in [0.1, 0.15) is 5.82 Å². The van der Waals surface area contributed by atoms with Gasteiger partial charge in [0.2, 0.25) is 0 Å². The molecule has 6 nitrogen and oxygen atoms in total. The van der Waals surface area contributed by atoms with Crippen molar-refractivity contribution in [3.8, 4) is 0 Å². The molecule has 2 aliphatic rings. The van der Waals surface area contributed by atoms with Gasteiger partial charge in [-0.2, -0.15) is 0 Å². The molecule has 3 rings (SSSR count). The minimum atomic E-state index is -0.830. The average molecular weight is 321 g/mol. The molecule has 1 N–H and O–H groups in total. The number of nitrogens with one attached hydrogen (secondary N) is 1. The molecule has 7 heteroatoms. The summed E-state index contributed by atoms with van der Waals surface area (Å²) in [6.07, 6.45) is 4.23. The molecule has 0 bridgehead atoms. The van der Waals surface area contributed by atoms with Crippen molar-refractivity contribution >= 4 is 11.6 Å². The Kier molecular flexibility index (Phi) is 4.56. The van der Waals surface area contributed by atoms with Crippen molar-refractivity contribution in [2.75, 3.05) is 19.6 Å². The van der Waals surface area contributed by atoms with Crippen LogP contribution in [0.25, 0.3) is 0 Å². The van der Waals surface area contributed by atoms with E-state index in [4.69, 9.17) is 0 Å². The van der Waals surface area contributed by atoms with Crippen LogP contribution in [-0.2, 0) is 0 Å². The number of nitro benzene ring substituents is 1. The number of nitro groups is 1. The van der Waals surface area contributed by atoms with Crippen LogP contribution in [0.15, 0.2) is 18.2 Å². The molecule has 2 heterocycles. The Hall–Kier alpha value is -2.02. The Bertz CT molecular complexity index is 609. The summed E-state index contributed by atoms with van der Waals surface area (Å²) in [5.74, 6) is -0.637. The van der Waals surface area contributed by atoms with Crippen LogP contribution in [0.5, 0.6) is 0 Å². The standard InChI is InChI=1S/C16H20FN3O3/c17-14-10-12(20(22)23)3-4-13(14)16(21)19-8-5-11(6-9-19)15-2-1-7-18-15/h3-4,10-11,15,18H,1-2,5-9H2. The number of amides is 1. The lowest BCUT2D eigenvalue weighted by Crippen LogP contribution is -2.43. The van der Waals surface area contributed by atoms with Crippen LogP contribution in [0.1, 0.15) is 36.0 Å². The van der Waals surface area contributed by atoms with Gasteiger partial charge in [-0.25, -0.2) is 4.39 Å². The number of hydrogen-bond acceptors (Lipinski definition) is 4. The van der Waals surface area contributed by atoms with Crippen LogP contribution in [0.2, 0.25) is 0 Å². The Balaban J connectivity index is 1.64. The van der Waals surface area contributed by atoms with Crippen molar-refractivity contribution in [1.29, 1.82) is 0 Å². The van der Waals surface area contributed by atoms with Gasteiger partial charge in [0.25, 0.3) is 11.6 Å². The lowest BCUT2D eigenvalue weighted by molar-refractivity contribution is -0.385. The third kappa shape index (κ3) is 3.34. The maximum Gasteiger partial charge on any atom is 0.272 e. The van der Waals surface area contributed by atoms with E-state index in [1.807, 2.05) is 0 Å². The molecular formula is C16H20FN3O3. The van der Waals surface area contributed by atoms with Crippen molar-refractivity contribution in [2.45, 2.75) is 31.7 Å². The van der Waals surface area contributed by atoms with E-state index in [2.05, 4.69) is 5.32 Å². The summed E-state index contributed by atoms with van der Waals surface area (Å²) in [4.78, 5) is 24.0. The van der Waals surface area contributed by atoms with Gasteiger partial charge >= 0.3 is 0 Å². The number of carbonyl (C=O) groups excluding carboxylic acids is 1. The predicted octanol–water partition coefficient (Wildman–Crippen LogP) is 2.34. The van der Waals surface area contributed by atoms with Crippen LogP contribution < -0.4 is 5.32 Å². The zero-order valence-electron chi connectivity index (χ0n) is 12.8. The number of rotatable bonds is 3. The minimum absolute atomic E-state index is 0.0898. The van der Waals surface area contributed by atoms with E-state index in [1.165, 1.54) is 25.0 Å². The maximum absolute atomic E-state index is 14.0. The lowest BCUT2D eigenvalue weighted by Gasteiger charge is -2.35. The molecule has 1 aromatic rings. The second-order valence-electron chi connectivity index (χ2n) is 6.25. The molecule has 124 valence electrons. The first-order valence-electron chi connectivity index (χ1n) is 8.03. The molecule has 2 aliphatic heterocycles. The third-order valence-electron chi connectivity index (χ3n) is 4.89. The van der Waals surface area contributed by atoms with E-state index < -0.39 is 10.7 Å². The van der Waals surface area contributed by atoms with Crippen LogP contribution >= 0.6 is 0 Å². The number of hydrogen-bond donors (Lipinski definition) is 1. The van der Waals surface area contributed by atoms with E-state index in [0.717, 1.165) is 25.5 Å². The first-order valence-corrected chi connectivity index (χ1v) is 8.03. The molecule has 1 aromatic carbocycles. The summed E-state index contributed by atoms with van der Waals surface area (Å²) in [5, 5.41) is 14.1. The molecule has 2 saturated heterocycles. The van der Waals surface area contributed by atoms with Crippen molar-refractivity contribution in [3.05, 3.63) is 39.7 Å². The number of carbonyl (C=O) groups is 1. The highest BCUT2D eigenvalue weighted by Crippen LogP contribution is 2.27. The molecule has 1 amide bonds. The maximum atomic E-state index is 14.0. The van der Waals surface area contributed by atoms with Gasteiger partial charge < -0.3 is 10.2 Å². The molecule has 1 atom stereocenters. The Morgan fingerprint density at radius 3 is 2.61 bits per heavy atom. The minimum Gasteiger partial charge on any atom is -0.339 e. The summed E-state index contributed by atoms with van der Waals surface area (Å²) >= 11 is 0. The molecule has 23 heavy (non-hydrogen) atoms. The normalized spacial score (nSPS) is 22.3. The zero-order valence-corrected chi connectivity index (χ0v) is 12.8. The van der Waals surface area contributed by atoms with E-state index >= 15 is 0 Å². The number of non-ortho nitro benzene ring substituents is 1. The Morgan fingerprint density at radius 1 is 1.30 bits per heavy atom. The molecule has 1 unspecified atom stereocenters. The van der Waals surface area contributed by atoms with Gasteiger partial charge in [0.05, 0.1) is 16.6 Å². The molecule has 0 aliphatic carbocycles. The second-order valence-corrected chi connectivity index (χ2v) is 6.25. The molecule has 0 radical (unpaired) electrons. The summed E-state index contributed by atoms with van der Waals surface area (Å²) < 4.78 is 14.0. The topological polar surface area (TPSA) is 75.5 Å². The first kappa shape index (κ1) is 15.9. The quantitative estimate of drug-likeness (QED) is 0.685. The number of halogens is 1. The summed E-state index contributed by atoms with van der Waals surface area (Å²) in [6.45, 7) is 2.29. The first-order chi connectivity index (χ1) is 11.1. The van der Waals surface area contributed by atoms with E-state index in [0.29, 0.717) is 25.0 Å². The Labute approximate surface area is 133 Å². The van der Waals surface area contributed by atoms with E-state index in [1.54, 1.807) is 4.90 Å². The fourth-order valence-electron chi connectivity index (χ4n) is 3.58. The monoisotopic (exact) mass is 321 g/mol. The van der Waals surface area contributed by atoms with Crippen LogP contribution in [0.4, 0.5) is 10.1 Å². The van der Waals surface area contributed by atoms with Crippen LogP contribution in [0.3, 0.4) is 0 Å². The smallest absolute Gasteiger partial charge is 0.272 e. The second kappa shape index (κ2) is 6.62. The summed E-state index contributed by atoms with van der Waals surface area (Å²) in [6, 6.07) is 3.73. The van der Waals surface area contributed by atoms with Gasteiger partial charge in [0, 0.05) is 25.2 Å². The van der Waals surface area contributed by atoms with Crippen molar-refractivity contribution in [3.63, 3.8) is 0 Å². The fraction of sp³-hybridized carbons (Fsp3) is 0.562. The van der Waals surface area contributed by atoms with E-state index in [9.17, 15) is 19.3 Å². The molecular weight excluding hydrogens is 301 g/mol. The SMILES string of the molecule is O=C(c1ccc([N+](=O)[O-])cc1F)N1CCC(C2CCCN2)CC1. The Morgan fingerprint density at radius 2 is 2.04 bits per heavy atom. The largest absolute Gasteiger partial charge is 0.339 e. The van der Waals surface area contributed by atoms with Crippen LogP contribution in [0, 0.1) is 21.8 Å². The fourth-order valence-corrected chi connectivity index (χ4v) is 3.58. The number of likely N-dealkylation sites (tertiary alicyclic amines) is 1. The number of nitrogens with zero attached hydrogens (tertiary/aromatic N) is 2. The van der Waals surface area contributed by atoms with Crippen molar-refractivity contribution in [2.24, 2.45) is 5.92 Å². The third-order valence-corrected chi connectivity index (χ3v) is 4.89. The molecule has 2 fully saturated rings. The zero-order chi connectivity index (χ0) is 16.4. The highest BCUT2D eigenvalue weighted by atomic mass is 19.1. The van der Waals surface area contributed by atoms with Crippen molar-refractivity contribution in [1.82, 2.24) is 10.2 Å². The number of piperidine rings is 1. The van der Waals surface area contributed by atoms with Crippen molar-refractivity contribution < 1.29 is 14.1 Å². The molecule has 0 saturated carbocycles. The van der Waals surface area contributed by atoms with Gasteiger partial charge in [0.15, 0.2) is 0 Å². The summed E-state index contributed by atoms with van der Waals surface area (Å²) in [5.41, 5.74) is -0.432. The summed E-state index contributed by atoms with van der Waals surface area (Å²) in [7, 11) is 0. The van der Waals surface area contributed by atoms with Gasteiger partial charge in [-0.1, -0.05) is 0 Å².